The number of pyridine rings is 1. The van der Waals surface area contributed by atoms with E-state index in [9.17, 15) is 9.59 Å². The fraction of sp³-hybridized carbons (Fsp3) is 0.500. The Kier molecular flexibility index (Phi) is 5.06. The number of carbonyl (C=O) groups is 2. The maximum atomic E-state index is 11.8. The van der Waals surface area contributed by atoms with Crippen molar-refractivity contribution in [3.8, 4) is 0 Å². The SMILES string of the molecule is O=C(CCC1CCCCO1)Nc1cccc(C(=O)O)n1. The molecule has 20 heavy (non-hydrogen) atoms. The molecule has 0 aromatic carbocycles. The lowest BCUT2D eigenvalue weighted by molar-refractivity contribution is -0.117. The van der Waals surface area contributed by atoms with Crippen molar-refractivity contribution in [2.75, 3.05) is 11.9 Å². The molecule has 6 nitrogen and oxygen atoms in total. The number of hydrogen-bond donors (Lipinski definition) is 2. The lowest BCUT2D eigenvalue weighted by Gasteiger charge is -2.22. The van der Waals surface area contributed by atoms with Crippen LogP contribution in [0.1, 0.15) is 42.6 Å². The van der Waals surface area contributed by atoms with E-state index in [0.717, 1.165) is 25.9 Å². The zero-order valence-corrected chi connectivity index (χ0v) is 11.2. The highest BCUT2D eigenvalue weighted by Gasteiger charge is 2.15. The number of carboxylic acid groups (broad SMARTS) is 1. The summed E-state index contributed by atoms with van der Waals surface area (Å²) < 4.78 is 5.56. The lowest BCUT2D eigenvalue weighted by Crippen LogP contribution is -2.22. The number of ether oxygens (including phenoxy) is 1. The summed E-state index contributed by atoms with van der Waals surface area (Å²) in [6, 6.07) is 4.51. The quantitative estimate of drug-likeness (QED) is 0.860. The van der Waals surface area contributed by atoms with E-state index < -0.39 is 5.97 Å². The molecule has 0 aliphatic carbocycles. The van der Waals surface area contributed by atoms with E-state index in [4.69, 9.17) is 9.84 Å². The van der Waals surface area contributed by atoms with E-state index >= 15 is 0 Å². The second-order valence-corrected chi connectivity index (χ2v) is 4.79. The number of nitrogens with zero attached hydrogens (tertiary/aromatic N) is 1. The van der Waals surface area contributed by atoms with Crippen LogP contribution in [0.15, 0.2) is 18.2 Å². The molecule has 108 valence electrons. The summed E-state index contributed by atoms with van der Waals surface area (Å²) in [7, 11) is 0. The second kappa shape index (κ2) is 7.00. The van der Waals surface area contributed by atoms with E-state index in [1.54, 1.807) is 12.1 Å². The topological polar surface area (TPSA) is 88.5 Å². The van der Waals surface area contributed by atoms with Gasteiger partial charge in [0.25, 0.3) is 0 Å². The van der Waals surface area contributed by atoms with E-state index in [-0.39, 0.29) is 23.5 Å². The molecule has 1 aromatic heterocycles. The summed E-state index contributed by atoms with van der Waals surface area (Å²) in [6.45, 7) is 0.772. The van der Waals surface area contributed by atoms with Crippen molar-refractivity contribution in [1.29, 1.82) is 0 Å². The summed E-state index contributed by atoms with van der Waals surface area (Å²) >= 11 is 0. The van der Waals surface area contributed by atoms with E-state index in [2.05, 4.69) is 10.3 Å². The highest BCUT2D eigenvalue weighted by Crippen LogP contribution is 2.17. The first kappa shape index (κ1) is 14.5. The van der Waals surface area contributed by atoms with Crippen LogP contribution in [0.5, 0.6) is 0 Å². The maximum Gasteiger partial charge on any atom is 0.354 e. The summed E-state index contributed by atoms with van der Waals surface area (Å²) in [4.78, 5) is 26.4. The lowest BCUT2D eigenvalue weighted by atomic mass is 10.0. The molecule has 1 saturated heterocycles. The van der Waals surface area contributed by atoms with Crippen LogP contribution in [0, 0.1) is 0 Å². The summed E-state index contributed by atoms with van der Waals surface area (Å²) in [6.07, 6.45) is 4.44. The van der Waals surface area contributed by atoms with Crippen molar-refractivity contribution in [2.45, 2.75) is 38.2 Å². The first-order chi connectivity index (χ1) is 9.65. The van der Waals surface area contributed by atoms with Crippen molar-refractivity contribution in [2.24, 2.45) is 0 Å². The molecular weight excluding hydrogens is 260 g/mol. The van der Waals surface area contributed by atoms with Crippen LogP contribution in [0.4, 0.5) is 5.82 Å². The van der Waals surface area contributed by atoms with Gasteiger partial charge in [-0.05, 0) is 37.8 Å². The number of amides is 1. The molecule has 1 unspecified atom stereocenters. The van der Waals surface area contributed by atoms with Gasteiger partial charge in [0.1, 0.15) is 5.82 Å². The van der Waals surface area contributed by atoms with Crippen molar-refractivity contribution < 1.29 is 19.4 Å². The van der Waals surface area contributed by atoms with Crippen LogP contribution in [0.2, 0.25) is 0 Å². The van der Waals surface area contributed by atoms with Crippen LogP contribution < -0.4 is 5.32 Å². The molecule has 6 heteroatoms. The second-order valence-electron chi connectivity index (χ2n) is 4.79. The molecule has 1 aliphatic rings. The smallest absolute Gasteiger partial charge is 0.354 e. The van der Waals surface area contributed by atoms with Crippen LogP contribution >= 0.6 is 0 Å². The van der Waals surface area contributed by atoms with Gasteiger partial charge in [-0.15, -0.1) is 0 Å². The van der Waals surface area contributed by atoms with Crippen LogP contribution in [-0.4, -0.2) is 34.7 Å². The fourth-order valence-electron chi connectivity index (χ4n) is 2.16. The van der Waals surface area contributed by atoms with Crippen molar-refractivity contribution in [3.05, 3.63) is 23.9 Å². The fourth-order valence-corrected chi connectivity index (χ4v) is 2.16. The molecule has 0 saturated carbocycles. The van der Waals surface area contributed by atoms with Gasteiger partial charge in [0.15, 0.2) is 5.69 Å². The Balaban J connectivity index is 1.81. The Morgan fingerprint density at radius 1 is 1.40 bits per heavy atom. The zero-order valence-electron chi connectivity index (χ0n) is 11.2. The van der Waals surface area contributed by atoms with E-state index in [1.165, 1.54) is 6.07 Å². The number of anilines is 1. The highest BCUT2D eigenvalue weighted by atomic mass is 16.5. The number of aromatic nitrogens is 1. The maximum absolute atomic E-state index is 11.8. The third kappa shape index (κ3) is 4.31. The van der Waals surface area contributed by atoms with Gasteiger partial charge in [0.05, 0.1) is 6.10 Å². The Morgan fingerprint density at radius 3 is 2.95 bits per heavy atom. The first-order valence-corrected chi connectivity index (χ1v) is 6.77. The Morgan fingerprint density at radius 2 is 2.25 bits per heavy atom. The summed E-state index contributed by atoms with van der Waals surface area (Å²) in [5, 5.41) is 11.4. The molecule has 1 atom stereocenters. The molecule has 1 amide bonds. The Bertz CT molecular complexity index is 484. The monoisotopic (exact) mass is 278 g/mol. The Hall–Kier alpha value is -1.95. The average molecular weight is 278 g/mol. The zero-order chi connectivity index (χ0) is 14.4. The van der Waals surface area contributed by atoms with Gasteiger partial charge in [-0.2, -0.15) is 0 Å². The molecule has 2 N–H and O–H groups in total. The standard InChI is InChI=1S/C14H18N2O4/c17-13(8-7-10-4-1-2-9-20-10)16-12-6-3-5-11(15-12)14(18)19/h3,5-6,10H,1-2,4,7-9H2,(H,18,19)(H,15,16,17). The molecule has 2 heterocycles. The molecule has 2 rings (SSSR count). The summed E-state index contributed by atoms with van der Waals surface area (Å²) in [5.41, 5.74) is -0.0848. The Labute approximate surface area is 117 Å². The molecule has 0 radical (unpaired) electrons. The number of nitrogens with one attached hydrogen (secondary N) is 1. The van der Waals surface area contributed by atoms with Crippen LogP contribution in [-0.2, 0) is 9.53 Å². The summed E-state index contributed by atoms with van der Waals surface area (Å²) in [5.74, 6) is -1.02. The van der Waals surface area contributed by atoms with Crippen molar-refractivity contribution >= 4 is 17.7 Å². The minimum Gasteiger partial charge on any atom is -0.477 e. The molecule has 0 bridgehead atoms. The number of aromatic carboxylic acids is 1. The predicted octanol–water partition coefficient (Wildman–Crippen LogP) is 2.07. The minimum atomic E-state index is -1.11. The van der Waals surface area contributed by atoms with Crippen LogP contribution in [0.25, 0.3) is 0 Å². The van der Waals surface area contributed by atoms with E-state index in [0.29, 0.717) is 12.8 Å². The van der Waals surface area contributed by atoms with E-state index in [1.807, 2.05) is 0 Å². The van der Waals surface area contributed by atoms with Gasteiger partial charge >= 0.3 is 5.97 Å². The molecule has 0 spiro atoms. The van der Waals surface area contributed by atoms with Crippen molar-refractivity contribution in [1.82, 2.24) is 4.98 Å². The van der Waals surface area contributed by atoms with Gasteiger partial charge in [-0.3, -0.25) is 4.79 Å². The van der Waals surface area contributed by atoms with Crippen LogP contribution in [0.3, 0.4) is 0 Å². The minimum absolute atomic E-state index is 0.0848. The molecule has 1 aliphatic heterocycles. The first-order valence-electron chi connectivity index (χ1n) is 6.77. The third-order valence-electron chi connectivity index (χ3n) is 3.20. The van der Waals surface area contributed by atoms with Gasteiger partial charge in [0.2, 0.25) is 5.91 Å². The third-order valence-corrected chi connectivity index (χ3v) is 3.20. The van der Waals surface area contributed by atoms with Crippen molar-refractivity contribution in [3.63, 3.8) is 0 Å². The highest BCUT2D eigenvalue weighted by molar-refractivity contribution is 5.91. The van der Waals surface area contributed by atoms with Gasteiger partial charge in [-0.25, -0.2) is 9.78 Å². The average Bonchev–Trinajstić information content (AvgIpc) is 2.46. The van der Waals surface area contributed by atoms with Gasteiger partial charge in [-0.1, -0.05) is 6.07 Å². The van der Waals surface area contributed by atoms with Gasteiger partial charge in [0, 0.05) is 13.0 Å². The molecule has 1 fully saturated rings. The normalized spacial score (nSPS) is 18.5. The number of rotatable bonds is 5. The molecule has 1 aromatic rings. The number of carbonyl (C=O) groups excluding carboxylic acids is 1. The van der Waals surface area contributed by atoms with Gasteiger partial charge < -0.3 is 15.2 Å². The predicted molar refractivity (Wildman–Crippen MR) is 72.7 cm³/mol. The number of hydrogen-bond acceptors (Lipinski definition) is 4. The largest absolute Gasteiger partial charge is 0.477 e. The number of carboxylic acids is 1. The molecular formula is C14H18N2O4.